The second kappa shape index (κ2) is 7.33. The molecule has 9 heteroatoms. The van der Waals surface area contributed by atoms with E-state index in [-0.39, 0.29) is 17.9 Å². The molecule has 1 aromatic rings. The molecule has 0 aliphatic carbocycles. The van der Waals surface area contributed by atoms with Crippen LogP contribution in [0.4, 0.5) is 0 Å². The van der Waals surface area contributed by atoms with Gasteiger partial charge in [0.05, 0.1) is 0 Å². The molecule has 0 spiro atoms. The molecule has 0 atom stereocenters. The van der Waals surface area contributed by atoms with Gasteiger partial charge in [-0.05, 0) is 0 Å². The second-order valence-corrected chi connectivity index (χ2v) is 10.6. The molecule has 1 aliphatic rings. The summed E-state index contributed by atoms with van der Waals surface area (Å²) in [7, 11) is -7.66. The van der Waals surface area contributed by atoms with Crippen LogP contribution < -0.4 is 0 Å². The molecule has 7 nitrogen and oxygen atoms in total. The van der Waals surface area contributed by atoms with Crippen molar-refractivity contribution >= 4 is 17.5 Å². The third-order valence-corrected chi connectivity index (χ3v) is 9.30. The number of benzene rings is 1. The predicted molar refractivity (Wildman–Crippen MR) is 92.8 cm³/mol. The molecule has 2 rings (SSSR count). The van der Waals surface area contributed by atoms with Crippen molar-refractivity contribution in [3.8, 4) is 0 Å². The van der Waals surface area contributed by atoms with E-state index >= 15 is 0 Å². The van der Waals surface area contributed by atoms with Gasteiger partial charge in [-0.25, -0.2) is 0 Å². The van der Waals surface area contributed by atoms with Crippen LogP contribution in [0.15, 0.2) is 29.2 Å². The van der Waals surface area contributed by atoms with Crippen LogP contribution in [0.5, 0.6) is 0 Å². The van der Waals surface area contributed by atoms with E-state index in [9.17, 15) is 8.42 Å². The predicted octanol–water partition coefficient (Wildman–Crippen LogP) is 3.25. The fraction of sp³-hybridized carbons (Fsp3) is 0.600. The standard InChI is InChI=1S/C15H26NO6PS/c1-5-19-23(20-6-2,21-7-3)13-16(12-22-23)24(17,18)15-10-8-14(4)9-11-15/h8-11H,5-7,12-13H2,1-4H3. The minimum absolute atomic E-state index is 0.0721. The van der Waals surface area contributed by atoms with Crippen LogP contribution in [-0.2, 0) is 28.1 Å². The molecule has 0 radical (unpaired) electrons. The van der Waals surface area contributed by atoms with Gasteiger partial charge in [-0.3, -0.25) is 0 Å². The number of hydrogen-bond acceptors (Lipinski definition) is 6. The van der Waals surface area contributed by atoms with Crippen molar-refractivity contribution in [2.45, 2.75) is 32.6 Å². The van der Waals surface area contributed by atoms with E-state index in [1.807, 2.05) is 6.92 Å². The van der Waals surface area contributed by atoms with Crippen molar-refractivity contribution in [2.75, 3.05) is 32.8 Å². The first-order valence-electron chi connectivity index (χ1n) is 8.00. The first-order valence-corrected chi connectivity index (χ1v) is 11.5. The molecule has 1 heterocycles. The van der Waals surface area contributed by atoms with Crippen LogP contribution in [0.25, 0.3) is 0 Å². The Labute approximate surface area is 144 Å². The Balaban J connectivity index is 2.36. The maximum absolute atomic E-state index is 12.9. The van der Waals surface area contributed by atoms with E-state index in [1.165, 1.54) is 4.31 Å². The van der Waals surface area contributed by atoms with Gasteiger partial charge in [0.1, 0.15) is 0 Å². The molecule has 0 saturated carbocycles. The van der Waals surface area contributed by atoms with Crippen LogP contribution in [0.2, 0.25) is 0 Å². The molecular weight excluding hydrogens is 353 g/mol. The molecule has 1 aromatic carbocycles. The van der Waals surface area contributed by atoms with Gasteiger partial charge in [-0.2, -0.15) is 0 Å². The second-order valence-electron chi connectivity index (χ2n) is 5.39. The van der Waals surface area contributed by atoms with Gasteiger partial charge in [0.2, 0.25) is 0 Å². The summed E-state index contributed by atoms with van der Waals surface area (Å²) in [6.45, 7) is 8.05. The Morgan fingerprint density at radius 2 is 1.54 bits per heavy atom. The fourth-order valence-corrected chi connectivity index (χ4v) is 8.07. The van der Waals surface area contributed by atoms with Gasteiger partial charge in [0.25, 0.3) is 0 Å². The number of aryl methyl sites for hydroxylation is 1. The van der Waals surface area contributed by atoms with E-state index < -0.39 is 17.5 Å². The number of hydrogen-bond donors (Lipinski definition) is 0. The third-order valence-electron chi connectivity index (χ3n) is 3.63. The van der Waals surface area contributed by atoms with Crippen LogP contribution in [-0.4, -0.2) is 45.6 Å². The molecule has 0 aromatic heterocycles. The zero-order valence-corrected chi connectivity index (χ0v) is 16.3. The molecule has 0 unspecified atom stereocenters. The molecule has 0 N–H and O–H groups in total. The maximum atomic E-state index is 12.9. The van der Waals surface area contributed by atoms with Gasteiger partial charge in [0, 0.05) is 0 Å². The Bertz CT molecular complexity index is 643. The summed E-state index contributed by atoms with van der Waals surface area (Å²) < 4.78 is 50.2. The average Bonchev–Trinajstić information content (AvgIpc) is 2.90. The zero-order chi connectivity index (χ0) is 17.9. The quantitative estimate of drug-likeness (QED) is 0.646. The third kappa shape index (κ3) is 3.65. The fourth-order valence-electron chi connectivity index (χ4n) is 2.61. The topological polar surface area (TPSA) is 74.3 Å². The molecule has 0 bridgehead atoms. The molecule has 1 saturated heterocycles. The summed E-state index contributed by atoms with van der Waals surface area (Å²) >= 11 is 0. The summed E-state index contributed by atoms with van der Waals surface area (Å²) in [6, 6.07) is 6.69. The summed E-state index contributed by atoms with van der Waals surface area (Å²) in [5.74, 6) is 0. The Morgan fingerprint density at radius 1 is 1.04 bits per heavy atom. The van der Waals surface area contributed by atoms with Gasteiger partial charge < -0.3 is 0 Å². The van der Waals surface area contributed by atoms with E-state index in [0.29, 0.717) is 19.8 Å². The molecule has 24 heavy (non-hydrogen) atoms. The van der Waals surface area contributed by atoms with Crippen molar-refractivity contribution in [3.05, 3.63) is 29.8 Å². The van der Waals surface area contributed by atoms with Crippen LogP contribution in [0, 0.1) is 6.92 Å². The molecule has 1 fully saturated rings. The molecule has 138 valence electrons. The van der Waals surface area contributed by atoms with Crippen molar-refractivity contribution in [1.82, 2.24) is 4.31 Å². The van der Waals surface area contributed by atoms with Gasteiger partial charge in [-0.15, -0.1) is 0 Å². The van der Waals surface area contributed by atoms with Crippen LogP contribution in [0.3, 0.4) is 0 Å². The van der Waals surface area contributed by atoms with Crippen molar-refractivity contribution in [1.29, 1.82) is 0 Å². The number of nitrogens with zero attached hydrogens (tertiary/aromatic N) is 1. The van der Waals surface area contributed by atoms with Crippen LogP contribution >= 0.6 is 7.51 Å². The Kier molecular flexibility index (Phi) is 6.03. The Hall–Kier alpha value is -0.600. The van der Waals surface area contributed by atoms with Crippen molar-refractivity contribution < 1.29 is 26.5 Å². The molecule has 1 aliphatic heterocycles. The average molecular weight is 379 g/mol. The molecular formula is C15H26NO6PS. The molecule has 0 amide bonds. The van der Waals surface area contributed by atoms with E-state index in [4.69, 9.17) is 18.1 Å². The first kappa shape index (κ1) is 19.7. The Morgan fingerprint density at radius 3 is 2.00 bits per heavy atom. The van der Waals surface area contributed by atoms with E-state index in [0.717, 1.165) is 5.56 Å². The van der Waals surface area contributed by atoms with Gasteiger partial charge >= 0.3 is 144 Å². The summed E-state index contributed by atoms with van der Waals surface area (Å²) in [5.41, 5.74) is 0.990. The summed E-state index contributed by atoms with van der Waals surface area (Å²) in [6.07, 6.45) is -0.0721. The van der Waals surface area contributed by atoms with Crippen molar-refractivity contribution in [3.63, 3.8) is 0 Å². The van der Waals surface area contributed by atoms with Crippen LogP contribution in [0.1, 0.15) is 26.3 Å². The normalized spacial score (nSPS) is 22.1. The zero-order valence-electron chi connectivity index (χ0n) is 14.6. The van der Waals surface area contributed by atoms with E-state index in [2.05, 4.69) is 0 Å². The summed E-state index contributed by atoms with van der Waals surface area (Å²) in [4.78, 5) is 0.208. The first-order chi connectivity index (χ1) is 11.3. The SMILES string of the molecule is CCOP1(OCC)(OCC)CN(S(=O)(=O)c2ccc(C)cc2)CO1. The minimum atomic E-state index is -3.94. The monoisotopic (exact) mass is 379 g/mol. The van der Waals surface area contributed by atoms with Crippen molar-refractivity contribution in [2.24, 2.45) is 0 Å². The van der Waals surface area contributed by atoms with E-state index in [1.54, 1.807) is 45.0 Å². The number of rotatable bonds is 8. The van der Waals surface area contributed by atoms with Gasteiger partial charge in [-0.1, -0.05) is 0 Å². The van der Waals surface area contributed by atoms with Gasteiger partial charge in [0.15, 0.2) is 0 Å². The summed E-state index contributed by atoms with van der Waals surface area (Å²) in [5, 5.41) is 0. The number of sulfonamides is 1.